The Morgan fingerprint density at radius 2 is 2.06 bits per heavy atom. The summed E-state index contributed by atoms with van der Waals surface area (Å²) in [4.78, 5) is 0. The first kappa shape index (κ1) is 13.7. The monoisotopic (exact) mass is 269 g/mol. The largest absolute Gasteiger partial charge is 0.381 e. The molecule has 1 aliphatic carbocycles. The predicted molar refractivity (Wildman–Crippen MR) is 75.7 cm³/mol. The van der Waals surface area contributed by atoms with Crippen LogP contribution in [-0.4, -0.2) is 6.04 Å². The average molecular weight is 270 g/mol. The molecule has 1 aromatic carbocycles. The Bertz CT molecular complexity index is 417. The maximum absolute atomic E-state index is 13.0. The third kappa shape index (κ3) is 3.61. The maximum Gasteiger partial charge on any atom is 0.124 e. The van der Waals surface area contributed by atoms with Crippen molar-refractivity contribution < 1.29 is 4.39 Å². The van der Waals surface area contributed by atoms with Gasteiger partial charge in [-0.25, -0.2) is 4.39 Å². The molecule has 0 aliphatic heterocycles. The van der Waals surface area contributed by atoms with E-state index in [1.54, 1.807) is 6.07 Å². The summed E-state index contributed by atoms with van der Waals surface area (Å²) in [5.41, 5.74) is 1.30. The van der Waals surface area contributed by atoms with E-state index in [1.807, 2.05) is 0 Å². The van der Waals surface area contributed by atoms with Crippen LogP contribution in [0.4, 0.5) is 10.1 Å². The Labute approximate surface area is 114 Å². The van der Waals surface area contributed by atoms with Crippen molar-refractivity contribution >= 4 is 17.3 Å². The van der Waals surface area contributed by atoms with Crippen molar-refractivity contribution in [3.63, 3.8) is 0 Å². The van der Waals surface area contributed by atoms with Gasteiger partial charge in [0.1, 0.15) is 5.82 Å². The second kappa shape index (κ2) is 5.48. The van der Waals surface area contributed by atoms with Crippen LogP contribution in [0.15, 0.2) is 18.2 Å². The fraction of sp³-hybridized carbons (Fsp3) is 0.600. The molecule has 1 unspecified atom stereocenters. The number of anilines is 1. The summed E-state index contributed by atoms with van der Waals surface area (Å²) >= 11 is 6.04. The summed E-state index contributed by atoms with van der Waals surface area (Å²) in [6.45, 7) is 4.67. The van der Waals surface area contributed by atoms with Crippen LogP contribution in [-0.2, 0) is 0 Å². The molecule has 1 atom stereocenters. The van der Waals surface area contributed by atoms with E-state index in [2.05, 4.69) is 19.2 Å². The highest BCUT2D eigenvalue weighted by Crippen LogP contribution is 2.35. The van der Waals surface area contributed by atoms with Crippen LogP contribution < -0.4 is 5.32 Å². The molecule has 1 N–H and O–H groups in total. The zero-order chi connectivity index (χ0) is 13.2. The quantitative estimate of drug-likeness (QED) is 0.723. The van der Waals surface area contributed by atoms with Crippen LogP contribution in [0.1, 0.15) is 46.0 Å². The van der Waals surface area contributed by atoms with Gasteiger partial charge in [0.25, 0.3) is 0 Å². The second-order valence-electron chi connectivity index (χ2n) is 6.06. The number of hydrogen-bond acceptors (Lipinski definition) is 1. The van der Waals surface area contributed by atoms with Gasteiger partial charge in [0, 0.05) is 6.04 Å². The third-order valence-electron chi connectivity index (χ3n) is 3.87. The summed E-state index contributed by atoms with van der Waals surface area (Å²) in [6.07, 6.45) is 6.06. The molecule has 1 saturated carbocycles. The van der Waals surface area contributed by atoms with Gasteiger partial charge in [-0.15, -0.1) is 0 Å². The smallest absolute Gasteiger partial charge is 0.124 e. The van der Waals surface area contributed by atoms with Gasteiger partial charge < -0.3 is 5.32 Å². The van der Waals surface area contributed by atoms with Crippen molar-refractivity contribution in [2.75, 3.05) is 5.32 Å². The third-order valence-corrected chi connectivity index (χ3v) is 4.18. The van der Waals surface area contributed by atoms with Gasteiger partial charge >= 0.3 is 0 Å². The highest BCUT2D eigenvalue weighted by Gasteiger charge is 2.24. The van der Waals surface area contributed by atoms with E-state index < -0.39 is 0 Å². The molecule has 2 rings (SSSR count). The standard InChI is InChI=1S/C15H21ClFN/c1-15(2)8-3-4-12(7-9-15)18-14-6-5-11(17)10-13(14)16/h5-6,10,12,18H,3-4,7-9H2,1-2H3. The molecule has 0 radical (unpaired) electrons. The first-order valence-corrected chi connectivity index (χ1v) is 7.06. The van der Waals surface area contributed by atoms with Crippen LogP contribution in [0.5, 0.6) is 0 Å². The SMILES string of the molecule is CC1(C)CCCC(Nc2ccc(F)cc2Cl)CC1. The zero-order valence-electron chi connectivity index (χ0n) is 11.1. The molecule has 0 bridgehead atoms. The summed E-state index contributed by atoms with van der Waals surface area (Å²) in [6, 6.07) is 5.00. The minimum atomic E-state index is -0.285. The first-order chi connectivity index (χ1) is 8.46. The molecule has 0 spiro atoms. The highest BCUT2D eigenvalue weighted by molar-refractivity contribution is 6.33. The average Bonchev–Trinajstić information content (AvgIpc) is 2.44. The lowest BCUT2D eigenvalue weighted by Gasteiger charge is -2.22. The molecular weight excluding hydrogens is 249 g/mol. The molecule has 18 heavy (non-hydrogen) atoms. The first-order valence-electron chi connectivity index (χ1n) is 6.68. The van der Waals surface area contributed by atoms with Gasteiger partial charge in [-0.1, -0.05) is 31.9 Å². The van der Waals surface area contributed by atoms with E-state index in [-0.39, 0.29) is 5.82 Å². The Kier molecular flexibility index (Phi) is 4.16. The lowest BCUT2D eigenvalue weighted by Crippen LogP contribution is -2.19. The van der Waals surface area contributed by atoms with Gasteiger partial charge in [0.05, 0.1) is 10.7 Å². The molecule has 1 aromatic rings. The topological polar surface area (TPSA) is 12.0 Å². The number of nitrogens with one attached hydrogen (secondary N) is 1. The number of rotatable bonds is 2. The maximum atomic E-state index is 13.0. The van der Waals surface area contributed by atoms with Crippen LogP contribution in [0.3, 0.4) is 0 Å². The van der Waals surface area contributed by atoms with Crippen molar-refractivity contribution in [2.24, 2.45) is 5.41 Å². The van der Waals surface area contributed by atoms with Crippen molar-refractivity contribution in [1.29, 1.82) is 0 Å². The summed E-state index contributed by atoms with van der Waals surface area (Å²) < 4.78 is 13.0. The molecule has 1 fully saturated rings. The van der Waals surface area contributed by atoms with E-state index in [1.165, 1.54) is 31.4 Å². The Morgan fingerprint density at radius 1 is 1.28 bits per heavy atom. The zero-order valence-corrected chi connectivity index (χ0v) is 11.9. The van der Waals surface area contributed by atoms with E-state index in [9.17, 15) is 4.39 Å². The lowest BCUT2D eigenvalue weighted by atomic mass is 9.85. The van der Waals surface area contributed by atoms with E-state index >= 15 is 0 Å². The molecule has 0 heterocycles. The second-order valence-corrected chi connectivity index (χ2v) is 6.47. The Morgan fingerprint density at radius 3 is 2.78 bits per heavy atom. The summed E-state index contributed by atoms with van der Waals surface area (Å²) in [5, 5.41) is 3.93. The molecule has 1 aliphatic rings. The van der Waals surface area contributed by atoms with Gasteiger partial charge in [-0.05, 0) is 49.3 Å². The fourth-order valence-electron chi connectivity index (χ4n) is 2.63. The van der Waals surface area contributed by atoms with E-state index in [4.69, 9.17) is 11.6 Å². The number of benzene rings is 1. The summed E-state index contributed by atoms with van der Waals surface area (Å²) in [7, 11) is 0. The molecular formula is C15H21ClFN. The molecule has 0 aromatic heterocycles. The van der Waals surface area contributed by atoms with Crippen LogP contribution in [0.2, 0.25) is 5.02 Å². The van der Waals surface area contributed by atoms with Gasteiger partial charge in [-0.2, -0.15) is 0 Å². The Hall–Kier alpha value is -0.760. The lowest BCUT2D eigenvalue weighted by molar-refractivity contribution is 0.313. The van der Waals surface area contributed by atoms with Crippen LogP contribution >= 0.6 is 11.6 Å². The van der Waals surface area contributed by atoms with Gasteiger partial charge in [0.15, 0.2) is 0 Å². The number of halogens is 2. The van der Waals surface area contributed by atoms with Crippen LogP contribution in [0.25, 0.3) is 0 Å². The van der Waals surface area contributed by atoms with Crippen molar-refractivity contribution in [3.8, 4) is 0 Å². The van der Waals surface area contributed by atoms with Crippen LogP contribution in [0, 0.1) is 11.2 Å². The highest BCUT2D eigenvalue weighted by atomic mass is 35.5. The number of hydrogen-bond donors (Lipinski definition) is 1. The minimum absolute atomic E-state index is 0.285. The molecule has 0 saturated heterocycles. The minimum Gasteiger partial charge on any atom is -0.381 e. The van der Waals surface area contributed by atoms with E-state index in [0.717, 1.165) is 18.5 Å². The molecule has 1 nitrogen and oxygen atoms in total. The normalized spacial score (nSPS) is 23.4. The molecule has 0 amide bonds. The predicted octanol–water partition coefficient (Wildman–Crippen LogP) is 5.25. The van der Waals surface area contributed by atoms with Crippen molar-refractivity contribution in [2.45, 2.75) is 52.0 Å². The van der Waals surface area contributed by atoms with Crippen molar-refractivity contribution in [3.05, 3.63) is 29.0 Å². The van der Waals surface area contributed by atoms with Crippen molar-refractivity contribution in [1.82, 2.24) is 0 Å². The van der Waals surface area contributed by atoms with Gasteiger partial charge in [-0.3, -0.25) is 0 Å². The Balaban J connectivity index is 2.01. The molecule has 3 heteroatoms. The molecule has 100 valence electrons. The summed E-state index contributed by atoms with van der Waals surface area (Å²) in [5.74, 6) is -0.285. The fourth-order valence-corrected chi connectivity index (χ4v) is 2.85. The van der Waals surface area contributed by atoms with E-state index in [0.29, 0.717) is 16.5 Å². The van der Waals surface area contributed by atoms with Gasteiger partial charge in [0.2, 0.25) is 0 Å².